The Morgan fingerprint density at radius 2 is 2.05 bits per heavy atom. The van der Waals surface area contributed by atoms with Gasteiger partial charge in [0.25, 0.3) is 5.91 Å². The van der Waals surface area contributed by atoms with Crippen molar-refractivity contribution in [2.75, 3.05) is 19.8 Å². The highest BCUT2D eigenvalue weighted by atomic mass is 35.5. The van der Waals surface area contributed by atoms with Gasteiger partial charge >= 0.3 is 5.97 Å². The average Bonchev–Trinajstić information content (AvgIpc) is 2.45. The molecule has 1 aliphatic heterocycles. The average molecular weight is 298 g/mol. The number of halogens is 1. The number of carbonyl (C=O) groups is 2. The molecular formula is C14H16ClNO4. The van der Waals surface area contributed by atoms with E-state index in [0.29, 0.717) is 36.6 Å². The number of carboxylic acid groups (broad SMARTS) is 1. The van der Waals surface area contributed by atoms with Crippen LogP contribution < -0.4 is 5.32 Å². The smallest absolute Gasteiger partial charge is 0.311 e. The molecule has 2 rings (SSSR count). The fourth-order valence-corrected chi connectivity index (χ4v) is 2.40. The highest BCUT2D eigenvalue weighted by Gasteiger charge is 2.40. The third kappa shape index (κ3) is 3.29. The summed E-state index contributed by atoms with van der Waals surface area (Å²) in [4.78, 5) is 23.5. The molecule has 1 amide bonds. The van der Waals surface area contributed by atoms with E-state index < -0.39 is 11.4 Å². The molecule has 5 nitrogen and oxygen atoms in total. The Morgan fingerprint density at radius 3 is 2.65 bits per heavy atom. The van der Waals surface area contributed by atoms with Crippen LogP contribution in [0.3, 0.4) is 0 Å². The van der Waals surface area contributed by atoms with Gasteiger partial charge in [0, 0.05) is 30.3 Å². The minimum atomic E-state index is -0.938. The Labute approximate surface area is 121 Å². The second-order valence-corrected chi connectivity index (χ2v) is 5.33. The zero-order valence-corrected chi connectivity index (χ0v) is 11.7. The Morgan fingerprint density at radius 1 is 1.35 bits per heavy atom. The SMILES string of the molecule is O=C(NCC1(C(=O)O)CCOCC1)c1cccc(Cl)c1. The van der Waals surface area contributed by atoms with Gasteiger partial charge in [-0.3, -0.25) is 9.59 Å². The lowest BCUT2D eigenvalue weighted by Gasteiger charge is -2.33. The van der Waals surface area contributed by atoms with E-state index in [1.54, 1.807) is 24.3 Å². The number of amides is 1. The number of ether oxygens (including phenoxy) is 1. The minimum absolute atomic E-state index is 0.0943. The van der Waals surface area contributed by atoms with Crippen LogP contribution in [-0.4, -0.2) is 36.7 Å². The van der Waals surface area contributed by atoms with Crippen molar-refractivity contribution in [1.82, 2.24) is 5.32 Å². The van der Waals surface area contributed by atoms with Crippen LogP contribution in [0.1, 0.15) is 23.2 Å². The third-order valence-corrected chi connectivity index (χ3v) is 3.81. The molecule has 0 unspecified atom stereocenters. The number of benzene rings is 1. The van der Waals surface area contributed by atoms with Gasteiger partial charge in [-0.1, -0.05) is 17.7 Å². The summed E-state index contributed by atoms with van der Waals surface area (Å²) in [7, 11) is 0. The van der Waals surface area contributed by atoms with Crippen LogP contribution in [0.5, 0.6) is 0 Å². The Bertz CT molecular complexity index is 512. The summed E-state index contributed by atoms with van der Waals surface area (Å²) in [5.74, 6) is -1.22. The number of rotatable bonds is 4. The molecule has 1 saturated heterocycles. The first-order valence-corrected chi connectivity index (χ1v) is 6.76. The summed E-state index contributed by atoms with van der Waals surface area (Å²) in [6.07, 6.45) is 0.802. The Hall–Kier alpha value is -1.59. The van der Waals surface area contributed by atoms with E-state index >= 15 is 0 Å². The molecule has 1 aromatic carbocycles. The fraction of sp³-hybridized carbons (Fsp3) is 0.429. The summed E-state index contributed by atoms with van der Waals surface area (Å²) < 4.78 is 5.19. The highest BCUT2D eigenvalue weighted by molar-refractivity contribution is 6.30. The lowest BCUT2D eigenvalue weighted by Crippen LogP contribution is -2.46. The zero-order valence-electron chi connectivity index (χ0n) is 10.9. The number of hydrogen-bond donors (Lipinski definition) is 2. The first-order valence-electron chi connectivity index (χ1n) is 6.38. The summed E-state index contributed by atoms with van der Waals surface area (Å²) in [5, 5.41) is 12.5. The third-order valence-electron chi connectivity index (χ3n) is 3.58. The Kier molecular flexibility index (Phi) is 4.62. The topological polar surface area (TPSA) is 75.6 Å². The molecule has 0 atom stereocenters. The van der Waals surface area contributed by atoms with Crippen molar-refractivity contribution in [3.8, 4) is 0 Å². The maximum atomic E-state index is 12.0. The van der Waals surface area contributed by atoms with Gasteiger partial charge in [0.15, 0.2) is 0 Å². The normalized spacial score (nSPS) is 17.4. The van der Waals surface area contributed by atoms with E-state index in [-0.39, 0.29) is 12.5 Å². The quantitative estimate of drug-likeness (QED) is 0.890. The number of aliphatic carboxylic acids is 1. The van der Waals surface area contributed by atoms with Gasteiger partial charge in [-0.25, -0.2) is 0 Å². The van der Waals surface area contributed by atoms with Crippen LogP contribution in [-0.2, 0) is 9.53 Å². The molecule has 0 aliphatic carbocycles. The fourth-order valence-electron chi connectivity index (χ4n) is 2.21. The number of hydrogen-bond acceptors (Lipinski definition) is 3. The van der Waals surface area contributed by atoms with Crippen molar-refractivity contribution in [2.45, 2.75) is 12.8 Å². The van der Waals surface area contributed by atoms with Crippen molar-refractivity contribution < 1.29 is 19.4 Å². The molecule has 20 heavy (non-hydrogen) atoms. The van der Waals surface area contributed by atoms with Crippen LogP contribution in [0.25, 0.3) is 0 Å². The van der Waals surface area contributed by atoms with Gasteiger partial charge in [0.2, 0.25) is 0 Å². The molecule has 1 heterocycles. The van der Waals surface area contributed by atoms with Crippen molar-refractivity contribution in [2.24, 2.45) is 5.41 Å². The molecule has 2 N–H and O–H groups in total. The predicted octanol–water partition coefficient (Wildman–Crippen LogP) is 1.95. The van der Waals surface area contributed by atoms with Gasteiger partial charge in [-0.2, -0.15) is 0 Å². The molecule has 0 spiro atoms. The first-order chi connectivity index (χ1) is 9.53. The standard InChI is InChI=1S/C14H16ClNO4/c15-11-3-1-2-10(8-11)12(17)16-9-14(13(18)19)4-6-20-7-5-14/h1-3,8H,4-7,9H2,(H,16,17)(H,18,19). The molecule has 0 radical (unpaired) electrons. The zero-order chi connectivity index (χ0) is 14.6. The maximum Gasteiger partial charge on any atom is 0.311 e. The molecule has 1 aliphatic rings. The lowest BCUT2D eigenvalue weighted by molar-refractivity contribution is -0.154. The van der Waals surface area contributed by atoms with E-state index in [4.69, 9.17) is 16.3 Å². The van der Waals surface area contributed by atoms with Crippen molar-refractivity contribution in [3.63, 3.8) is 0 Å². The summed E-state index contributed by atoms with van der Waals surface area (Å²) >= 11 is 5.82. The molecule has 0 aromatic heterocycles. The minimum Gasteiger partial charge on any atom is -0.481 e. The Balaban J connectivity index is 2.02. The van der Waals surface area contributed by atoms with E-state index in [9.17, 15) is 14.7 Å². The van der Waals surface area contributed by atoms with Crippen molar-refractivity contribution >= 4 is 23.5 Å². The van der Waals surface area contributed by atoms with E-state index in [1.165, 1.54) is 0 Å². The number of nitrogens with one attached hydrogen (secondary N) is 1. The van der Waals surface area contributed by atoms with Crippen LogP contribution >= 0.6 is 11.6 Å². The van der Waals surface area contributed by atoms with Gasteiger partial charge < -0.3 is 15.2 Å². The van der Waals surface area contributed by atoms with Gasteiger partial charge in [0.1, 0.15) is 0 Å². The van der Waals surface area contributed by atoms with Crippen LogP contribution in [0, 0.1) is 5.41 Å². The molecule has 108 valence electrons. The predicted molar refractivity (Wildman–Crippen MR) is 73.9 cm³/mol. The monoisotopic (exact) mass is 297 g/mol. The number of carboxylic acids is 1. The summed E-state index contributed by atoms with van der Waals surface area (Å²) in [6.45, 7) is 0.899. The van der Waals surface area contributed by atoms with Gasteiger partial charge in [-0.15, -0.1) is 0 Å². The van der Waals surface area contributed by atoms with Crippen LogP contribution in [0.15, 0.2) is 24.3 Å². The van der Waals surface area contributed by atoms with Crippen LogP contribution in [0.4, 0.5) is 0 Å². The molecule has 0 bridgehead atoms. The lowest BCUT2D eigenvalue weighted by atomic mass is 9.80. The van der Waals surface area contributed by atoms with Gasteiger partial charge in [-0.05, 0) is 31.0 Å². The summed E-state index contributed by atoms with van der Waals surface area (Å²) in [6, 6.07) is 6.54. The molecular weight excluding hydrogens is 282 g/mol. The van der Waals surface area contributed by atoms with Crippen LogP contribution in [0.2, 0.25) is 5.02 Å². The molecule has 0 saturated carbocycles. The largest absolute Gasteiger partial charge is 0.481 e. The van der Waals surface area contributed by atoms with E-state index in [0.717, 1.165) is 0 Å². The highest BCUT2D eigenvalue weighted by Crippen LogP contribution is 2.30. The van der Waals surface area contributed by atoms with E-state index in [2.05, 4.69) is 5.32 Å². The molecule has 1 fully saturated rings. The van der Waals surface area contributed by atoms with E-state index in [1.807, 2.05) is 0 Å². The second kappa shape index (κ2) is 6.24. The second-order valence-electron chi connectivity index (χ2n) is 4.89. The summed E-state index contributed by atoms with van der Waals surface area (Å²) in [5.41, 5.74) is -0.517. The molecule has 6 heteroatoms. The molecule has 1 aromatic rings. The van der Waals surface area contributed by atoms with Crippen molar-refractivity contribution in [3.05, 3.63) is 34.9 Å². The number of carbonyl (C=O) groups excluding carboxylic acids is 1. The first kappa shape index (κ1) is 14.8. The maximum absolute atomic E-state index is 12.0. The van der Waals surface area contributed by atoms with Gasteiger partial charge in [0.05, 0.1) is 5.41 Å². The van der Waals surface area contributed by atoms with Crippen molar-refractivity contribution in [1.29, 1.82) is 0 Å².